The van der Waals surface area contributed by atoms with E-state index in [1.807, 2.05) is 0 Å². The lowest BCUT2D eigenvalue weighted by Gasteiger charge is -2.32. The smallest absolute Gasteiger partial charge is 0.264 e. The topological polar surface area (TPSA) is 96.0 Å². The minimum absolute atomic E-state index is 0.0285. The molecular formula is C26H27ClFN3O5S. The Morgan fingerprint density at radius 2 is 1.70 bits per heavy atom. The number of hydrogen-bond acceptors (Lipinski definition) is 5. The van der Waals surface area contributed by atoms with E-state index in [4.69, 9.17) is 16.3 Å². The molecule has 2 amide bonds. The van der Waals surface area contributed by atoms with Gasteiger partial charge in [0.2, 0.25) is 11.8 Å². The van der Waals surface area contributed by atoms with E-state index in [1.165, 1.54) is 80.6 Å². The van der Waals surface area contributed by atoms with Gasteiger partial charge in [0.25, 0.3) is 10.0 Å². The van der Waals surface area contributed by atoms with Crippen LogP contribution in [0.15, 0.2) is 77.7 Å². The van der Waals surface area contributed by atoms with Gasteiger partial charge in [0.15, 0.2) is 0 Å². The lowest BCUT2D eigenvalue weighted by atomic mass is 10.1. The number of anilines is 1. The van der Waals surface area contributed by atoms with Crippen LogP contribution in [0.5, 0.6) is 5.75 Å². The van der Waals surface area contributed by atoms with Crippen LogP contribution < -0.4 is 14.4 Å². The molecule has 0 heterocycles. The van der Waals surface area contributed by atoms with Gasteiger partial charge in [0.05, 0.1) is 22.7 Å². The van der Waals surface area contributed by atoms with Crippen LogP contribution in [-0.2, 0) is 26.2 Å². The molecule has 1 N–H and O–H groups in total. The lowest BCUT2D eigenvalue weighted by molar-refractivity contribution is -0.139. The number of nitrogens with zero attached hydrogens (tertiary/aromatic N) is 2. The van der Waals surface area contributed by atoms with Gasteiger partial charge in [-0.05, 0) is 55.0 Å². The van der Waals surface area contributed by atoms with Crippen LogP contribution in [0.4, 0.5) is 10.1 Å². The summed E-state index contributed by atoms with van der Waals surface area (Å²) < 4.78 is 46.9. The second-order valence-electron chi connectivity index (χ2n) is 8.08. The second-order valence-corrected chi connectivity index (χ2v) is 10.4. The first-order valence-electron chi connectivity index (χ1n) is 11.2. The third-order valence-corrected chi connectivity index (χ3v) is 7.80. The van der Waals surface area contributed by atoms with E-state index in [2.05, 4.69) is 5.32 Å². The molecule has 37 heavy (non-hydrogen) atoms. The summed E-state index contributed by atoms with van der Waals surface area (Å²) in [5.74, 6) is -1.20. The van der Waals surface area contributed by atoms with Crippen molar-refractivity contribution in [1.82, 2.24) is 10.2 Å². The third-order valence-electron chi connectivity index (χ3n) is 5.71. The summed E-state index contributed by atoms with van der Waals surface area (Å²) in [5, 5.41) is 2.66. The molecule has 0 aliphatic rings. The van der Waals surface area contributed by atoms with Crippen molar-refractivity contribution in [2.75, 3.05) is 25.0 Å². The Morgan fingerprint density at radius 1 is 1.05 bits per heavy atom. The molecule has 11 heteroatoms. The number of rotatable bonds is 10. The van der Waals surface area contributed by atoms with Gasteiger partial charge < -0.3 is 15.0 Å². The molecule has 0 aromatic heterocycles. The van der Waals surface area contributed by atoms with E-state index < -0.39 is 40.2 Å². The fourth-order valence-electron chi connectivity index (χ4n) is 3.64. The monoisotopic (exact) mass is 547 g/mol. The fourth-order valence-corrected chi connectivity index (χ4v) is 5.32. The van der Waals surface area contributed by atoms with Crippen LogP contribution in [0.2, 0.25) is 5.02 Å². The summed E-state index contributed by atoms with van der Waals surface area (Å²) in [6.07, 6.45) is 0. The number of hydrogen-bond donors (Lipinski definition) is 1. The second kappa shape index (κ2) is 12.1. The van der Waals surface area contributed by atoms with Gasteiger partial charge in [0, 0.05) is 13.6 Å². The molecule has 3 aromatic rings. The maximum absolute atomic E-state index is 13.7. The number of amides is 2. The highest BCUT2D eigenvalue weighted by Crippen LogP contribution is 2.32. The average molecular weight is 548 g/mol. The number of halogens is 2. The van der Waals surface area contributed by atoms with Crippen molar-refractivity contribution in [3.05, 3.63) is 89.2 Å². The van der Waals surface area contributed by atoms with Crippen LogP contribution in [-0.4, -0.2) is 51.9 Å². The predicted octanol–water partition coefficient (Wildman–Crippen LogP) is 3.85. The van der Waals surface area contributed by atoms with E-state index in [1.54, 1.807) is 18.2 Å². The van der Waals surface area contributed by atoms with Crippen LogP contribution in [0, 0.1) is 5.82 Å². The number of carbonyl (C=O) groups is 2. The van der Waals surface area contributed by atoms with Gasteiger partial charge in [-0.1, -0.05) is 41.9 Å². The zero-order valence-corrected chi connectivity index (χ0v) is 22.1. The van der Waals surface area contributed by atoms with Gasteiger partial charge in [0.1, 0.15) is 24.2 Å². The molecule has 8 nitrogen and oxygen atoms in total. The summed E-state index contributed by atoms with van der Waals surface area (Å²) >= 11 is 6.27. The number of carbonyl (C=O) groups excluding carboxylic acids is 2. The van der Waals surface area contributed by atoms with Crippen molar-refractivity contribution in [2.24, 2.45) is 0 Å². The molecule has 0 aliphatic heterocycles. The fraction of sp³-hybridized carbons (Fsp3) is 0.231. The molecule has 196 valence electrons. The number of likely N-dealkylation sites (N-methyl/N-ethyl adjacent to an activating group) is 1. The molecule has 3 rings (SSSR count). The predicted molar refractivity (Wildman–Crippen MR) is 139 cm³/mol. The van der Waals surface area contributed by atoms with Gasteiger partial charge in [-0.3, -0.25) is 13.9 Å². The van der Waals surface area contributed by atoms with Gasteiger partial charge in [-0.15, -0.1) is 0 Å². The summed E-state index contributed by atoms with van der Waals surface area (Å²) in [4.78, 5) is 27.3. The standard InChI is InChI=1S/C26H27ClFN3O5S/c1-18(26(33)29-2)30(16-19-9-11-20(28)12-10-19)25(32)17-31(21-13-14-24(36-3)23(27)15-21)37(34,35)22-7-5-4-6-8-22/h4-15,18H,16-17H2,1-3H3,(H,29,33)/t18-/m1/s1. The number of methoxy groups -OCH3 is 1. The Hall–Kier alpha value is -3.63. The van der Waals surface area contributed by atoms with E-state index in [-0.39, 0.29) is 22.2 Å². The van der Waals surface area contributed by atoms with Crippen molar-refractivity contribution < 1.29 is 27.1 Å². The number of ether oxygens (including phenoxy) is 1. The molecule has 0 bridgehead atoms. The molecule has 0 saturated carbocycles. The van der Waals surface area contributed by atoms with Crippen molar-refractivity contribution in [1.29, 1.82) is 0 Å². The maximum atomic E-state index is 13.7. The molecule has 0 saturated heterocycles. The minimum atomic E-state index is -4.21. The summed E-state index contributed by atoms with van der Waals surface area (Å²) in [6.45, 7) is 0.860. The van der Waals surface area contributed by atoms with E-state index in [0.29, 0.717) is 11.3 Å². The first-order chi connectivity index (χ1) is 17.6. The summed E-state index contributed by atoms with van der Waals surface area (Å²) in [5.41, 5.74) is 0.702. The van der Waals surface area contributed by atoms with E-state index >= 15 is 0 Å². The Kier molecular flexibility index (Phi) is 9.12. The van der Waals surface area contributed by atoms with E-state index in [9.17, 15) is 22.4 Å². The average Bonchev–Trinajstić information content (AvgIpc) is 2.90. The zero-order valence-electron chi connectivity index (χ0n) is 20.5. The Balaban J connectivity index is 2.05. The van der Waals surface area contributed by atoms with Crippen molar-refractivity contribution >= 4 is 39.1 Å². The molecule has 0 spiro atoms. The van der Waals surface area contributed by atoms with Crippen molar-refractivity contribution in [3.63, 3.8) is 0 Å². The van der Waals surface area contributed by atoms with Crippen LogP contribution in [0.1, 0.15) is 12.5 Å². The number of sulfonamides is 1. The quantitative estimate of drug-likeness (QED) is 0.416. The minimum Gasteiger partial charge on any atom is -0.495 e. The number of benzene rings is 3. The van der Waals surface area contributed by atoms with Crippen molar-refractivity contribution in [3.8, 4) is 5.75 Å². The first kappa shape index (κ1) is 27.9. The lowest BCUT2D eigenvalue weighted by Crippen LogP contribution is -2.50. The Labute approximate surface area is 220 Å². The SMILES string of the molecule is CNC(=O)[C@@H](C)N(Cc1ccc(F)cc1)C(=O)CN(c1ccc(OC)c(Cl)c1)S(=O)(=O)c1ccccc1. The third kappa shape index (κ3) is 6.58. The number of nitrogens with one attached hydrogen (secondary N) is 1. The molecule has 0 fully saturated rings. The van der Waals surface area contributed by atoms with Crippen LogP contribution in [0.25, 0.3) is 0 Å². The van der Waals surface area contributed by atoms with Crippen molar-refractivity contribution in [2.45, 2.75) is 24.4 Å². The van der Waals surface area contributed by atoms with Gasteiger partial charge >= 0.3 is 0 Å². The molecule has 0 aliphatic carbocycles. The highest BCUT2D eigenvalue weighted by atomic mass is 35.5. The zero-order chi connectivity index (χ0) is 27.2. The maximum Gasteiger partial charge on any atom is 0.264 e. The van der Waals surface area contributed by atoms with Crippen LogP contribution >= 0.6 is 11.6 Å². The normalized spacial score (nSPS) is 11.9. The molecular weight excluding hydrogens is 521 g/mol. The summed E-state index contributed by atoms with van der Waals surface area (Å²) in [7, 11) is -1.35. The Morgan fingerprint density at radius 3 is 2.27 bits per heavy atom. The van der Waals surface area contributed by atoms with Gasteiger partial charge in [-0.25, -0.2) is 12.8 Å². The summed E-state index contributed by atoms with van der Waals surface area (Å²) in [6, 6.07) is 16.6. The molecule has 1 atom stereocenters. The molecule has 0 unspecified atom stereocenters. The van der Waals surface area contributed by atoms with E-state index in [0.717, 1.165) is 4.31 Å². The van der Waals surface area contributed by atoms with Crippen LogP contribution in [0.3, 0.4) is 0 Å². The molecule has 0 radical (unpaired) electrons. The Bertz CT molecular complexity index is 1350. The highest BCUT2D eigenvalue weighted by molar-refractivity contribution is 7.92. The molecule has 3 aromatic carbocycles. The first-order valence-corrected chi connectivity index (χ1v) is 13.1. The van der Waals surface area contributed by atoms with Gasteiger partial charge in [-0.2, -0.15) is 0 Å². The largest absolute Gasteiger partial charge is 0.495 e. The highest BCUT2D eigenvalue weighted by Gasteiger charge is 2.32.